The van der Waals surface area contributed by atoms with Gasteiger partial charge in [0.15, 0.2) is 5.75 Å². The lowest BCUT2D eigenvalue weighted by Crippen LogP contribution is -1.89. The first-order chi connectivity index (χ1) is 6.77. The van der Waals surface area contributed by atoms with E-state index >= 15 is 0 Å². The van der Waals surface area contributed by atoms with Crippen molar-refractivity contribution in [3.63, 3.8) is 0 Å². The summed E-state index contributed by atoms with van der Waals surface area (Å²) in [6, 6.07) is 3.86. The summed E-state index contributed by atoms with van der Waals surface area (Å²) in [5, 5.41) is 1.02. The molecule has 3 nitrogen and oxygen atoms in total. The van der Waals surface area contributed by atoms with Gasteiger partial charge in [0.1, 0.15) is 5.75 Å². The number of halogens is 1. The Morgan fingerprint density at radius 2 is 2.07 bits per heavy atom. The Balaban J connectivity index is 2.81. The Bertz CT molecular complexity index is 464. The summed E-state index contributed by atoms with van der Waals surface area (Å²) in [6.07, 6.45) is 1.86. The second-order valence-electron chi connectivity index (χ2n) is 2.86. The molecular formula is C10H10BrNO2. The number of methoxy groups -OCH3 is 2. The standard InChI is InChI=1S/C10H10BrNO2/c1-13-8-5-7(11)10(14-2)9-6(8)3-4-12-9/h3-5,12H,1-2H3. The lowest BCUT2D eigenvalue weighted by molar-refractivity contribution is 0.408. The molecule has 0 aliphatic rings. The van der Waals surface area contributed by atoms with Crippen molar-refractivity contribution >= 4 is 26.8 Å². The zero-order valence-electron chi connectivity index (χ0n) is 7.93. The number of H-pyrrole nitrogens is 1. The zero-order chi connectivity index (χ0) is 10.1. The van der Waals surface area contributed by atoms with Gasteiger partial charge in [-0.3, -0.25) is 0 Å². The van der Waals surface area contributed by atoms with Gasteiger partial charge in [-0.1, -0.05) is 0 Å². The van der Waals surface area contributed by atoms with Gasteiger partial charge in [-0.05, 0) is 28.1 Å². The lowest BCUT2D eigenvalue weighted by Gasteiger charge is -2.08. The highest BCUT2D eigenvalue weighted by Gasteiger charge is 2.11. The molecule has 0 bridgehead atoms. The maximum atomic E-state index is 5.28. The van der Waals surface area contributed by atoms with E-state index < -0.39 is 0 Å². The Kier molecular flexibility index (Phi) is 2.37. The topological polar surface area (TPSA) is 34.2 Å². The Morgan fingerprint density at radius 3 is 2.71 bits per heavy atom. The second kappa shape index (κ2) is 3.53. The molecule has 0 atom stereocenters. The van der Waals surface area contributed by atoms with Crippen molar-refractivity contribution in [3.05, 3.63) is 22.8 Å². The van der Waals surface area contributed by atoms with Crippen molar-refractivity contribution in [1.82, 2.24) is 4.98 Å². The van der Waals surface area contributed by atoms with Crippen LogP contribution >= 0.6 is 15.9 Å². The first-order valence-corrected chi connectivity index (χ1v) is 4.94. The third kappa shape index (κ3) is 1.26. The van der Waals surface area contributed by atoms with Crippen LogP contribution in [0.15, 0.2) is 22.8 Å². The molecule has 0 saturated carbocycles. The largest absolute Gasteiger partial charge is 0.496 e. The van der Waals surface area contributed by atoms with Crippen molar-refractivity contribution in [2.75, 3.05) is 14.2 Å². The molecule has 1 aromatic carbocycles. The molecule has 0 saturated heterocycles. The molecule has 1 N–H and O–H groups in total. The van der Waals surface area contributed by atoms with Crippen LogP contribution in [0.25, 0.3) is 10.9 Å². The Morgan fingerprint density at radius 1 is 1.29 bits per heavy atom. The van der Waals surface area contributed by atoms with E-state index in [9.17, 15) is 0 Å². The maximum Gasteiger partial charge on any atom is 0.157 e. The minimum atomic E-state index is 0.797. The van der Waals surface area contributed by atoms with Crippen LogP contribution in [0.5, 0.6) is 11.5 Å². The molecule has 1 aromatic heterocycles. The number of benzene rings is 1. The Labute approximate surface area is 90.1 Å². The predicted octanol–water partition coefficient (Wildman–Crippen LogP) is 2.95. The van der Waals surface area contributed by atoms with Crippen molar-refractivity contribution in [2.24, 2.45) is 0 Å². The van der Waals surface area contributed by atoms with E-state index in [0.717, 1.165) is 26.9 Å². The highest BCUT2D eigenvalue weighted by Crippen LogP contribution is 2.38. The number of nitrogens with one attached hydrogen (secondary N) is 1. The predicted molar refractivity (Wildman–Crippen MR) is 59.1 cm³/mol. The van der Waals surface area contributed by atoms with Gasteiger partial charge < -0.3 is 14.5 Å². The monoisotopic (exact) mass is 255 g/mol. The normalized spacial score (nSPS) is 10.5. The van der Waals surface area contributed by atoms with Crippen molar-refractivity contribution in [3.8, 4) is 11.5 Å². The van der Waals surface area contributed by atoms with Crippen molar-refractivity contribution in [1.29, 1.82) is 0 Å². The first kappa shape index (κ1) is 9.40. The van der Waals surface area contributed by atoms with E-state index in [1.165, 1.54) is 0 Å². The highest BCUT2D eigenvalue weighted by molar-refractivity contribution is 9.10. The average Bonchev–Trinajstić information content (AvgIpc) is 2.65. The van der Waals surface area contributed by atoms with E-state index in [-0.39, 0.29) is 0 Å². The summed E-state index contributed by atoms with van der Waals surface area (Å²) in [7, 11) is 3.30. The van der Waals surface area contributed by atoms with Gasteiger partial charge in [0.2, 0.25) is 0 Å². The molecule has 0 spiro atoms. The first-order valence-electron chi connectivity index (χ1n) is 4.15. The molecule has 4 heteroatoms. The van der Waals surface area contributed by atoms with Crippen LogP contribution in [0.2, 0.25) is 0 Å². The van der Waals surface area contributed by atoms with E-state index in [1.807, 2.05) is 18.3 Å². The molecule has 0 fully saturated rings. The fourth-order valence-corrected chi connectivity index (χ4v) is 2.08. The molecule has 74 valence electrons. The quantitative estimate of drug-likeness (QED) is 0.896. The van der Waals surface area contributed by atoms with Crippen molar-refractivity contribution < 1.29 is 9.47 Å². The summed E-state index contributed by atoms with van der Waals surface area (Å²) >= 11 is 3.43. The molecule has 2 rings (SSSR count). The van der Waals surface area contributed by atoms with E-state index in [0.29, 0.717) is 0 Å². The van der Waals surface area contributed by atoms with Gasteiger partial charge in [-0.25, -0.2) is 0 Å². The molecule has 1 heterocycles. The summed E-state index contributed by atoms with van der Waals surface area (Å²) < 4.78 is 11.4. The number of ether oxygens (including phenoxy) is 2. The van der Waals surface area contributed by atoms with Crippen LogP contribution in [-0.4, -0.2) is 19.2 Å². The van der Waals surface area contributed by atoms with Crippen LogP contribution in [0.1, 0.15) is 0 Å². The minimum Gasteiger partial charge on any atom is -0.496 e. The molecule has 0 radical (unpaired) electrons. The molecule has 0 unspecified atom stereocenters. The fraction of sp³-hybridized carbons (Fsp3) is 0.200. The molecule has 0 amide bonds. The summed E-state index contributed by atoms with van der Waals surface area (Å²) in [4.78, 5) is 3.12. The van der Waals surface area contributed by atoms with Crippen LogP contribution in [-0.2, 0) is 0 Å². The summed E-state index contributed by atoms with van der Waals surface area (Å²) in [6.45, 7) is 0. The molecule has 2 aromatic rings. The van der Waals surface area contributed by atoms with Crippen LogP contribution in [0, 0.1) is 0 Å². The van der Waals surface area contributed by atoms with E-state index in [4.69, 9.17) is 9.47 Å². The number of rotatable bonds is 2. The molecule has 14 heavy (non-hydrogen) atoms. The number of fused-ring (bicyclic) bond motifs is 1. The fourth-order valence-electron chi connectivity index (χ4n) is 1.51. The summed E-state index contributed by atoms with van der Waals surface area (Å²) in [5.41, 5.74) is 0.943. The van der Waals surface area contributed by atoms with Gasteiger partial charge >= 0.3 is 0 Å². The number of hydrogen-bond donors (Lipinski definition) is 1. The molecule has 0 aliphatic carbocycles. The third-order valence-corrected chi connectivity index (χ3v) is 2.73. The van der Waals surface area contributed by atoms with Gasteiger partial charge in [0, 0.05) is 11.6 Å². The second-order valence-corrected chi connectivity index (χ2v) is 3.71. The maximum absolute atomic E-state index is 5.28. The van der Waals surface area contributed by atoms with E-state index in [1.54, 1.807) is 14.2 Å². The summed E-state index contributed by atoms with van der Waals surface area (Å²) in [5.74, 6) is 1.62. The van der Waals surface area contributed by atoms with Gasteiger partial charge in [-0.15, -0.1) is 0 Å². The Hall–Kier alpha value is -1.16. The van der Waals surface area contributed by atoms with Crippen LogP contribution < -0.4 is 9.47 Å². The number of aromatic amines is 1. The van der Waals surface area contributed by atoms with E-state index in [2.05, 4.69) is 20.9 Å². The third-order valence-electron chi connectivity index (χ3n) is 2.14. The average molecular weight is 256 g/mol. The minimum absolute atomic E-state index is 0.797. The lowest BCUT2D eigenvalue weighted by atomic mass is 10.2. The van der Waals surface area contributed by atoms with Crippen LogP contribution in [0.3, 0.4) is 0 Å². The number of hydrogen-bond acceptors (Lipinski definition) is 2. The SMILES string of the molecule is COc1cc(Br)c(OC)c2[nH]ccc12. The van der Waals surface area contributed by atoms with Crippen molar-refractivity contribution in [2.45, 2.75) is 0 Å². The van der Waals surface area contributed by atoms with Gasteiger partial charge in [0.05, 0.1) is 24.2 Å². The van der Waals surface area contributed by atoms with Gasteiger partial charge in [0.25, 0.3) is 0 Å². The molecular weight excluding hydrogens is 246 g/mol. The number of aromatic nitrogens is 1. The zero-order valence-corrected chi connectivity index (χ0v) is 9.51. The highest BCUT2D eigenvalue weighted by atomic mass is 79.9. The molecule has 0 aliphatic heterocycles. The van der Waals surface area contributed by atoms with Gasteiger partial charge in [-0.2, -0.15) is 0 Å². The van der Waals surface area contributed by atoms with Crippen LogP contribution in [0.4, 0.5) is 0 Å². The smallest absolute Gasteiger partial charge is 0.157 e.